The molecule has 3 heteroatoms. The van der Waals surface area contributed by atoms with Crippen LogP contribution in [-0.4, -0.2) is 9.97 Å². The fraction of sp³-hybridized carbons (Fsp3) is 0. The fourth-order valence-corrected chi connectivity index (χ4v) is 9.49. The molecule has 11 aromatic rings. The van der Waals surface area contributed by atoms with Crippen molar-refractivity contribution in [3.05, 3.63) is 194 Å². The van der Waals surface area contributed by atoms with Gasteiger partial charge in [0.15, 0.2) is 5.82 Å². The quantitative estimate of drug-likeness (QED) is 0.166. The molecule has 256 valence electrons. The van der Waals surface area contributed by atoms with Crippen molar-refractivity contribution in [3.8, 4) is 56.0 Å². The second-order valence-electron chi connectivity index (χ2n) is 14.1. The molecule has 0 saturated heterocycles. The van der Waals surface area contributed by atoms with Gasteiger partial charge in [0.2, 0.25) is 0 Å². The molecule has 0 saturated carbocycles. The van der Waals surface area contributed by atoms with Crippen molar-refractivity contribution in [2.45, 2.75) is 0 Å². The molecule has 0 bridgehead atoms. The summed E-state index contributed by atoms with van der Waals surface area (Å²) in [6.45, 7) is 0. The molecule has 0 spiro atoms. The summed E-state index contributed by atoms with van der Waals surface area (Å²) < 4.78 is 1.25. The van der Waals surface area contributed by atoms with Crippen molar-refractivity contribution < 1.29 is 0 Å². The third-order valence-corrected chi connectivity index (χ3v) is 12.0. The maximum atomic E-state index is 5.53. The van der Waals surface area contributed by atoms with E-state index in [4.69, 9.17) is 9.97 Å². The van der Waals surface area contributed by atoms with Crippen molar-refractivity contribution in [1.82, 2.24) is 9.97 Å². The van der Waals surface area contributed by atoms with Crippen molar-refractivity contribution in [1.29, 1.82) is 0 Å². The summed E-state index contributed by atoms with van der Waals surface area (Å²) in [6, 6.07) is 69.7. The highest BCUT2D eigenvalue weighted by atomic mass is 32.1. The molecule has 0 aliphatic rings. The van der Waals surface area contributed by atoms with Crippen LogP contribution in [0, 0.1) is 0 Å². The van der Waals surface area contributed by atoms with Gasteiger partial charge in [0, 0.05) is 32.0 Å². The van der Waals surface area contributed by atoms with E-state index in [2.05, 4.69) is 194 Å². The van der Waals surface area contributed by atoms with Gasteiger partial charge in [-0.05, 0) is 72.4 Å². The molecule has 0 aliphatic carbocycles. The number of hydrogen-bond donors (Lipinski definition) is 0. The van der Waals surface area contributed by atoms with E-state index in [0.717, 1.165) is 49.4 Å². The van der Waals surface area contributed by atoms with E-state index < -0.39 is 0 Å². The van der Waals surface area contributed by atoms with Crippen molar-refractivity contribution in [3.63, 3.8) is 0 Å². The fourth-order valence-electron chi connectivity index (χ4n) is 8.26. The first-order valence-electron chi connectivity index (χ1n) is 18.7. The Hall–Kier alpha value is -6.94. The lowest BCUT2D eigenvalue weighted by Gasteiger charge is -2.12. The van der Waals surface area contributed by atoms with Crippen molar-refractivity contribution in [2.75, 3.05) is 0 Å². The molecule has 0 fully saturated rings. The van der Waals surface area contributed by atoms with Crippen LogP contribution in [0.25, 0.3) is 109 Å². The zero-order chi connectivity index (χ0) is 36.3. The Bertz CT molecular complexity index is 3250. The summed E-state index contributed by atoms with van der Waals surface area (Å²) in [5, 5.41) is 9.64. The van der Waals surface area contributed by atoms with Crippen LogP contribution in [0.5, 0.6) is 0 Å². The van der Waals surface area contributed by atoms with Gasteiger partial charge in [-0.1, -0.05) is 182 Å². The third kappa shape index (κ3) is 5.32. The van der Waals surface area contributed by atoms with Crippen LogP contribution in [0.15, 0.2) is 194 Å². The van der Waals surface area contributed by atoms with E-state index in [0.29, 0.717) is 0 Å². The van der Waals surface area contributed by atoms with Crippen LogP contribution in [0.1, 0.15) is 0 Å². The SMILES string of the molecule is c1ccc(-c2ccc(-c3cccc(-c4cccc(-c5nc(-c6cccc7ccccc67)nc6sc7c8ccccc8c8ccccc8c7c56)c4)c3)cc2)cc1. The van der Waals surface area contributed by atoms with Crippen LogP contribution in [0.4, 0.5) is 0 Å². The Kier molecular flexibility index (Phi) is 7.39. The predicted molar refractivity (Wildman–Crippen MR) is 235 cm³/mol. The topological polar surface area (TPSA) is 25.8 Å². The molecule has 0 amide bonds. The van der Waals surface area contributed by atoms with Crippen LogP contribution < -0.4 is 0 Å². The van der Waals surface area contributed by atoms with Gasteiger partial charge in [0.1, 0.15) is 4.83 Å². The summed E-state index contributed by atoms with van der Waals surface area (Å²) in [7, 11) is 0. The van der Waals surface area contributed by atoms with E-state index in [-0.39, 0.29) is 0 Å². The molecular formula is C52H32N2S. The Morgan fingerprint density at radius 3 is 1.56 bits per heavy atom. The largest absolute Gasteiger partial charge is 0.227 e. The Morgan fingerprint density at radius 2 is 0.818 bits per heavy atom. The van der Waals surface area contributed by atoms with Gasteiger partial charge in [-0.25, -0.2) is 9.97 Å². The molecule has 0 atom stereocenters. The number of nitrogens with zero attached hydrogens (tertiary/aromatic N) is 2. The first-order valence-corrected chi connectivity index (χ1v) is 19.5. The molecule has 0 aliphatic heterocycles. The van der Waals surface area contributed by atoms with Crippen molar-refractivity contribution in [2.24, 2.45) is 0 Å². The molecule has 0 radical (unpaired) electrons. The van der Waals surface area contributed by atoms with Gasteiger partial charge < -0.3 is 0 Å². The summed E-state index contributed by atoms with van der Waals surface area (Å²) in [6.07, 6.45) is 0. The molecule has 55 heavy (non-hydrogen) atoms. The van der Waals surface area contributed by atoms with E-state index in [1.54, 1.807) is 11.3 Å². The smallest absolute Gasteiger partial charge is 0.162 e. The standard InChI is InChI=1S/C52H32N2S/c1-2-13-33(14-3-1)34-27-29-35(30-28-34)37-17-10-18-38(31-37)39-19-11-20-40(32-39)49-48-47-44-24-8-6-22-42(44)43-23-7-9-25-45(43)50(47)55-52(48)54-51(53-49)46-26-12-16-36-15-4-5-21-41(36)46/h1-32H. The second-order valence-corrected chi connectivity index (χ2v) is 15.1. The van der Waals surface area contributed by atoms with Crippen LogP contribution in [0.3, 0.4) is 0 Å². The van der Waals surface area contributed by atoms with Gasteiger partial charge in [0.25, 0.3) is 0 Å². The molecule has 0 N–H and O–H groups in total. The zero-order valence-electron chi connectivity index (χ0n) is 29.8. The number of aromatic nitrogens is 2. The molecule has 9 aromatic carbocycles. The number of fused-ring (bicyclic) bond motifs is 9. The van der Waals surface area contributed by atoms with E-state index >= 15 is 0 Å². The molecule has 2 aromatic heterocycles. The first kappa shape index (κ1) is 31.6. The van der Waals surface area contributed by atoms with Crippen LogP contribution in [-0.2, 0) is 0 Å². The van der Waals surface area contributed by atoms with Crippen LogP contribution >= 0.6 is 11.3 Å². The van der Waals surface area contributed by atoms with E-state index in [9.17, 15) is 0 Å². The predicted octanol–water partition coefficient (Wildman–Crippen LogP) is 14.6. The highest BCUT2D eigenvalue weighted by molar-refractivity contribution is 7.26. The summed E-state index contributed by atoms with van der Waals surface area (Å²) >= 11 is 1.78. The third-order valence-electron chi connectivity index (χ3n) is 10.9. The number of hydrogen-bond acceptors (Lipinski definition) is 3. The van der Waals surface area contributed by atoms with Gasteiger partial charge >= 0.3 is 0 Å². The van der Waals surface area contributed by atoms with Gasteiger partial charge in [-0.3, -0.25) is 0 Å². The van der Waals surface area contributed by atoms with Crippen LogP contribution in [0.2, 0.25) is 0 Å². The summed E-state index contributed by atoms with van der Waals surface area (Å²) in [4.78, 5) is 11.9. The summed E-state index contributed by atoms with van der Waals surface area (Å²) in [5.74, 6) is 0.741. The number of thiophene rings is 1. The maximum absolute atomic E-state index is 5.53. The minimum atomic E-state index is 0.741. The lowest BCUT2D eigenvalue weighted by Crippen LogP contribution is -1.95. The minimum Gasteiger partial charge on any atom is -0.227 e. The van der Waals surface area contributed by atoms with Gasteiger partial charge in [0.05, 0.1) is 5.69 Å². The minimum absolute atomic E-state index is 0.741. The second kappa shape index (κ2) is 12.9. The molecule has 2 nitrogen and oxygen atoms in total. The zero-order valence-corrected chi connectivity index (χ0v) is 30.6. The Morgan fingerprint density at radius 1 is 0.327 bits per heavy atom. The first-order chi connectivity index (χ1) is 27.3. The maximum Gasteiger partial charge on any atom is 0.162 e. The molecular weight excluding hydrogens is 685 g/mol. The average molecular weight is 717 g/mol. The lowest BCUT2D eigenvalue weighted by atomic mass is 9.94. The highest BCUT2D eigenvalue weighted by Crippen LogP contribution is 2.47. The Balaban J connectivity index is 1.12. The normalized spacial score (nSPS) is 11.6. The molecule has 2 heterocycles. The Labute approximate surface area is 322 Å². The van der Waals surface area contributed by atoms with Gasteiger partial charge in [-0.15, -0.1) is 11.3 Å². The van der Waals surface area contributed by atoms with Crippen molar-refractivity contribution >= 4 is 64.0 Å². The molecule has 11 rings (SSSR count). The monoisotopic (exact) mass is 716 g/mol. The van der Waals surface area contributed by atoms with E-state index in [1.165, 1.54) is 59.3 Å². The van der Waals surface area contributed by atoms with Gasteiger partial charge in [-0.2, -0.15) is 0 Å². The average Bonchev–Trinajstić information content (AvgIpc) is 3.67. The highest BCUT2D eigenvalue weighted by Gasteiger charge is 2.22. The number of rotatable bonds is 5. The lowest BCUT2D eigenvalue weighted by molar-refractivity contribution is 1.25. The van der Waals surface area contributed by atoms with E-state index in [1.807, 2.05) is 0 Å². The summed E-state index contributed by atoms with van der Waals surface area (Å²) in [5.41, 5.74) is 10.2. The molecule has 0 unspecified atom stereocenters. The number of benzene rings is 9.